The van der Waals surface area contributed by atoms with Gasteiger partial charge in [0.15, 0.2) is 0 Å². The van der Waals surface area contributed by atoms with Crippen molar-refractivity contribution >= 4 is 0 Å². The molecular formula is C14H22N2O. The Morgan fingerprint density at radius 1 is 1.29 bits per heavy atom. The SMILES string of the molecule is CC(C)Oc1ccc(CNCC2CNC2)cc1. The number of rotatable bonds is 6. The van der Waals surface area contributed by atoms with E-state index in [1.807, 2.05) is 26.0 Å². The van der Waals surface area contributed by atoms with Crippen LogP contribution in [0.15, 0.2) is 24.3 Å². The summed E-state index contributed by atoms with van der Waals surface area (Å²) < 4.78 is 5.61. The van der Waals surface area contributed by atoms with E-state index in [4.69, 9.17) is 4.74 Å². The third-order valence-electron chi connectivity index (χ3n) is 2.92. The maximum atomic E-state index is 5.61. The van der Waals surface area contributed by atoms with E-state index in [9.17, 15) is 0 Å². The quantitative estimate of drug-likeness (QED) is 0.787. The van der Waals surface area contributed by atoms with Crippen molar-refractivity contribution in [3.8, 4) is 5.75 Å². The molecule has 0 spiro atoms. The molecule has 2 rings (SSSR count). The maximum absolute atomic E-state index is 5.61. The number of hydrogen-bond donors (Lipinski definition) is 2. The molecule has 3 heteroatoms. The predicted molar refractivity (Wildman–Crippen MR) is 70.3 cm³/mol. The van der Waals surface area contributed by atoms with Crippen molar-refractivity contribution in [2.24, 2.45) is 5.92 Å². The van der Waals surface area contributed by atoms with Crippen molar-refractivity contribution in [2.45, 2.75) is 26.5 Å². The van der Waals surface area contributed by atoms with Crippen LogP contribution >= 0.6 is 0 Å². The minimum Gasteiger partial charge on any atom is -0.491 e. The normalized spacial score (nSPS) is 15.9. The lowest BCUT2D eigenvalue weighted by molar-refractivity contribution is 0.242. The van der Waals surface area contributed by atoms with Gasteiger partial charge in [-0.15, -0.1) is 0 Å². The van der Waals surface area contributed by atoms with Crippen LogP contribution in [0.2, 0.25) is 0 Å². The van der Waals surface area contributed by atoms with Crippen molar-refractivity contribution in [2.75, 3.05) is 19.6 Å². The second-order valence-electron chi connectivity index (χ2n) is 4.97. The van der Waals surface area contributed by atoms with E-state index in [0.29, 0.717) is 0 Å². The Morgan fingerprint density at radius 3 is 2.53 bits per heavy atom. The zero-order valence-corrected chi connectivity index (χ0v) is 10.7. The molecule has 0 saturated carbocycles. The Balaban J connectivity index is 1.72. The van der Waals surface area contributed by atoms with Gasteiger partial charge in [0.05, 0.1) is 6.10 Å². The second-order valence-corrected chi connectivity index (χ2v) is 4.97. The second kappa shape index (κ2) is 6.03. The highest BCUT2D eigenvalue weighted by molar-refractivity contribution is 5.27. The summed E-state index contributed by atoms with van der Waals surface area (Å²) in [7, 11) is 0. The van der Waals surface area contributed by atoms with Crippen LogP contribution in [-0.4, -0.2) is 25.7 Å². The van der Waals surface area contributed by atoms with Gasteiger partial charge < -0.3 is 15.4 Å². The first kappa shape index (κ1) is 12.4. The molecule has 1 heterocycles. The molecule has 0 radical (unpaired) electrons. The molecule has 0 bridgehead atoms. The molecule has 1 aromatic rings. The highest BCUT2D eigenvalue weighted by Gasteiger charge is 2.15. The predicted octanol–water partition coefficient (Wildman–Crippen LogP) is 1.78. The first-order chi connectivity index (χ1) is 8.24. The molecule has 1 fully saturated rings. The lowest BCUT2D eigenvalue weighted by atomic mass is 10.0. The summed E-state index contributed by atoms with van der Waals surface area (Å²) in [6, 6.07) is 8.34. The van der Waals surface area contributed by atoms with Crippen LogP contribution in [0, 0.1) is 5.92 Å². The molecule has 1 aliphatic heterocycles. The van der Waals surface area contributed by atoms with Gasteiger partial charge in [-0.3, -0.25) is 0 Å². The van der Waals surface area contributed by atoms with Gasteiger partial charge in [0, 0.05) is 26.2 Å². The standard InChI is InChI=1S/C14H22N2O/c1-11(2)17-14-5-3-12(4-6-14)7-15-8-13-9-16-10-13/h3-6,11,13,15-16H,7-10H2,1-2H3. The molecule has 1 aromatic carbocycles. The fourth-order valence-corrected chi connectivity index (χ4v) is 1.87. The van der Waals surface area contributed by atoms with Gasteiger partial charge in [0.1, 0.15) is 5.75 Å². The Kier molecular flexibility index (Phi) is 4.40. The molecule has 2 N–H and O–H groups in total. The van der Waals surface area contributed by atoms with Crippen molar-refractivity contribution in [3.63, 3.8) is 0 Å². The average Bonchev–Trinajstić information content (AvgIpc) is 2.23. The van der Waals surface area contributed by atoms with E-state index in [0.717, 1.165) is 37.8 Å². The molecule has 0 aliphatic carbocycles. The molecule has 0 amide bonds. The largest absolute Gasteiger partial charge is 0.491 e. The first-order valence-corrected chi connectivity index (χ1v) is 6.41. The monoisotopic (exact) mass is 234 g/mol. The smallest absolute Gasteiger partial charge is 0.119 e. The van der Waals surface area contributed by atoms with Gasteiger partial charge in [-0.2, -0.15) is 0 Å². The first-order valence-electron chi connectivity index (χ1n) is 6.41. The van der Waals surface area contributed by atoms with E-state index >= 15 is 0 Å². The van der Waals surface area contributed by atoms with Crippen molar-refractivity contribution < 1.29 is 4.74 Å². The van der Waals surface area contributed by atoms with Gasteiger partial charge in [-0.1, -0.05) is 12.1 Å². The molecule has 1 aliphatic rings. The summed E-state index contributed by atoms with van der Waals surface area (Å²) in [4.78, 5) is 0. The van der Waals surface area contributed by atoms with Crippen LogP contribution in [0.4, 0.5) is 0 Å². The van der Waals surface area contributed by atoms with Crippen LogP contribution in [0.5, 0.6) is 5.75 Å². The van der Waals surface area contributed by atoms with Crippen LogP contribution < -0.4 is 15.4 Å². The van der Waals surface area contributed by atoms with Crippen LogP contribution in [0.3, 0.4) is 0 Å². The lowest BCUT2D eigenvalue weighted by Crippen LogP contribution is -2.47. The molecule has 3 nitrogen and oxygen atoms in total. The van der Waals surface area contributed by atoms with Gasteiger partial charge in [-0.05, 0) is 37.5 Å². The van der Waals surface area contributed by atoms with E-state index in [2.05, 4.69) is 22.8 Å². The fourth-order valence-electron chi connectivity index (χ4n) is 1.87. The minimum atomic E-state index is 0.241. The minimum absolute atomic E-state index is 0.241. The number of nitrogens with one attached hydrogen (secondary N) is 2. The zero-order chi connectivity index (χ0) is 12.1. The fraction of sp³-hybridized carbons (Fsp3) is 0.571. The number of ether oxygens (including phenoxy) is 1. The Morgan fingerprint density at radius 2 is 2.00 bits per heavy atom. The van der Waals surface area contributed by atoms with Crippen LogP contribution in [-0.2, 0) is 6.54 Å². The average molecular weight is 234 g/mol. The third-order valence-corrected chi connectivity index (χ3v) is 2.92. The van der Waals surface area contributed by atoms with Crippen molar-refractivity contribution in [1.29, 1.82) is 0 Å². The Hall–Kier alpha value is -1.06. The molecule has 17 heavy (non-hydrogen) atoms. The summed E-state index contributed by atoms with van der Waals surface area (Å²) in [5, 5.41) is 6.76. The molecule has 94 valence electrons. The van der Waals surface area contributed by atoms with E-state index < -0.39 is 0 Å². The summed E-state index contributed by atoms with van der Waals surface area (Å²) in [6.45, 7) is 8.46. The molecule has 1 saturated heterocycles. The summed E-state index contributed by atoms with van der Waals surface area (Å²) in [5.41, 5.74) is 1.31. The Bertz CT molecular complexity index is 331. The van der Waals surface area contributed by atoms with Gasteiger partial charge in [0.2, 0.25) is 0 Å². The Labute approximate surface area is 104 Å². The molecule has 0 aromatic heterocycles. The lowest BCUT2D eigenvalue weighted by Gasteiger charge is -2.27. The zero-order valence-electron chi connectivity index (χ0n) is 10.7. The maximum Gasteiger partial charge on any atom is 0.119 e. The van der Waals surface area contributed by atoms with Crippen LogP contribution in [0.25, 0.3) is 0 Å². The summed E-state index contributed by atoms with van der Waals surface area (Å²) in [6.07, 6.45) is 0.241. The highest BCUT2D eigenvalue weighted by atomic mass is 16.5. The van der Waals surface area contributed by atoms with E-state index in [-0.39, 0.29) is 6.10 Å². The van der Waals surface area contributed by atoms with Crippen molar-refractivity contribution in [3.05, 3.63) is 29.8 Å². The van der Waals surface area contributed by atoms with E-state index in [1.165, 1.54) is 5.56 Å². The third kappa shape index (κ3) is 4.02. The molecule has 0 atom stereocenters. The van der Waals surface area contributed by atoms with Crippen molar-refractivity contribution in [1.82, 2.24) is 10.6 Å². The number of benzene rings is 1. The molecule has 0 unspecified atom stereocenters. The molecular weight excluding hydrogens is 212 g/mol. The summed E-state index contributed by atoms with van der Waals surface area (Å²) >= 11 is 0. The van der Waals surface area contributed by atoms with Crippen LogP contribution in [0.1, 0.15) is 19.4 Å². The summed E-state index contributed by atoms with van der Waals surface area (Å²) in [5.74, 6) is 1.77. The highest BCUT2D eigenvalue weighted by Crippen LogP contribution is 2.13. The number of hydrogen-bond acceptors (Lipinski definition) is 3. The van der Waals surface area contributed by atoms with Gasteiger partial charge in [0.25, 0.3) is 0 Å². The van der Waals surface area contributed by atoms with Gasteiger partial charge >= 0.3 is 0 Å². The van der Waals surface area contributed by atoms with Gasteiger partial charge in [-0.25, -0.2) is 0 Å². The topological polar surface area (TPSA) is 33.3 Å². The van der Waals surface area contributed by atoms with E-state index in [1.54, 1.807) is 0 Å².